The van der Waals surface area contributed by atoms with Crippen LogP contribution in [0.25, 0.3) is 11.0 Å². The van der Waals surface area contributed by atoms with E-state index in [0.717, 1.165) is 16.9 Å². The maximum absolute atomic E-state index is 11.4. The summed E-state index contributed by atoms with van der Waals surface area (Å²) >= 11 is 5.88. The first kappa shape index (κ1) is 14.3. The van der Waals surface area contributed by atoms with Crippen molar-refractivity contribution in [3.63, 3.8) is 0 Å². The molecule has 0 saturated heterocycles. The summed E-state index contributed by atoms with van der Waals surface area (Å²) in [5.74, 6) is 0.725. The van der Waals surface area contributed by atoms with Gasteiger partial charge < -0.3 is 4.57 Å². The molecule has 0 unspecified atom stereocenters. The van der Waals surface area contributed by atoms with E-state index in [4.69, 9.17) is 11.6 Å². The number of aromatic amines is 1. The minimum absolute atomic E-state index is 0.0107. The number of para-hydroxylation sites is 2. The number of rotatable bonds is 3. The SMILES string of the molecule is C/C(=N/Nc1cn[nH]c(=O)c1Cl)c1nc2ccccc2n1C. The number of nitrogens with one attached hydrogen (secondary N) is 2. The molecule has 22 heavy (non-hydrogen) atoms. The van der Waals surface area contributed by atoms with E-state index in [1.54, 1.807) is 0 Å². The molecular formula is C14H13ClN6O. The monoisotopic (exact) mass is 316 g/mol. The average molecular weight is 317 g/mol. The molecule has 7 nitrogen and oxygen atoms in total. The molecule has 2 N–H and O–H groups in total. The fraction of sp³-hybridized carbons (Fsp3) is 0.143. The van der Waals surface area contributed by atoms with Crippen molar-refractivity contribution in [2.45, 2.75) is 6.92 Å². The van der Waals surface area contributed by atoms with Crippen LogP contribution < -0.4 is 11.0 Å². The van der Waals surface area contributed by atoms with Crippen LogP contribution in [0.3, 0.4) is 0 Å². The zero-order valence-corrected chi connectivity index (χ0v) is 12.7. The lowest BCUT2D eigenvalue weighted by atomic mass is 10.3. The van der Waals surface area contributed by atoms with Gasteiger partial charge in [-0.05, 0) is 19.1 Å². The molecule has 3 rings (SSSR count). The van der Waals surface area contributed by atoms with E-state index in [9.17, 15) is 4.79 Å². The molecule has 0 saturated carbocycles. The summed E-state index contributed by atoms with van der Waals surface area (Å²) in [7, 11) is 1.92. The van der Waals surface area contributed by atoms with Gasteiger partial charge in [0.1, 0.15) is 16.4 Å². The quantitative estimate of drug-likeness (QED) is 0.572. The normalized spacial score (nSPS) is 11.9. The second-order valence-electron chi connectivity index (χ2n) is 4.72. The van der Waals surface area contributed by atoms with Crippen molar-refractivity contribution >= 4 is 34.0 Å². The molecule has 2 heterocycles. The number of hydrogen-bond donors (Lipinski definition) is 2. The van der Waals surface area contributed by atoms with Gasteiger partial charge in [-0.25, -0.2) is 10.1 Å². The standard InChI is InChI=1S/C14H13ClN6O/c1-8(18-19-10-7-16-20-14(22)12(10)15)13-17-9-5-3-4-6-11(9)21(13)2/h3-7H,1-2H3,(H2,19,20,22)/b18-8-. The lowest BCUT2D eigenvalue weighted by Crippen LogP contribution is -2.11. The van der Waals surface area contributed by atoms with Crippen LogP contribution in [0.15, 0.2) is 40.4 Å². The molecule has 0 aliphatic carbocycles. The number of hydrogen-bond acceptors (Lipinski definition) is 5. The fourth-order valence-corrected chi connectivity index (χ4v) is 2.26. The Morgan fingerprint density at radius 2 is 2.18 bits per heavy atom. The number of benzene rings is 1. The maximum Gasteiger partial charge on any atom is 0.285 e. The molecule has 0 aliphatic heterocycles. The summed E-state index contributed by atoms with van der Waals surface area (Å²) in [6, 6.07) is 7.83. The Kier molecular flexibility index (Phi) is 3.64. The van der Waals surface area contributed by atoms with Gasteiger partial charge in [-0.1, -0.05) is 23.7 Å². The Labute approximate surface area is 130 Å². The minimum Gasteiger partial charge on any atom is -0.326 e. The van der Waals surface area contributed by atoms with Crippen LogP contribution in [0, 0.1) is 0 Å². The van der Waals surface area contributed by atoms with Crippen molar-refractivity contribution in [1.82, 2.24) is 19.7 Å². The van der Waals surface area contributed by atoms with Crippen LogP contribution in [-0.2, 0) is 7.05 Å². The van der Waals surface area contributed by atoms with Gasteiger partial charge in [0.2, 0.25) is 0 Å². The lowest BCUT2D eigenvalue weighted by molar-refractivity contribution is 0.926. The summed E-state index contributed by atoms with van der Waals surface area (Å²) in [5, 5.41) is 10.2. The molecule has 0 radical (unpaired) electrons. The molecular weight excluding hydrogens is 304 g/mol. The topological polar surface area (TPSA) is 88.0 Å². The molecule has 0 fully saturated rings. The Balaban J connectivity index is 1.95. The van der Waals surface area contributed by atoms with E-state index in [0.29, 0.717) is 11.4 Å². The Bertz CT molecular complexity index is 926. The second kappa shape index (κ2) is 5.61. The van der Waals surface area contributed by atoms with Gasteiger partial charge in [0, 0.05) is 7.05 Å². The Hall–Kier alpha value is -2.67. The van der Waals surface area contributed by atoms with Gasteiger partial charge in [0.25, 0.3) is 5.56 Å². The molecule has 3 aromatic rings. The number of aryl methyl sites for hydroxylation is 1. The first-order chi connectivity index (χ1) is 10.6. The van der Waals surface area contributed by atoms with Crippen LogP contribution in [0.4, 0.5) is 5.69 Å². The third-order valence-corrected chi connectivity index (χ3v) is 3.63. The molecule has 8 heteroatoms. The number of aromatic nitrogens is 4. The van der Waals surface area contributed by atoms with E-state index in [1.165, 1.54) is 6.20 Å². The van der Waals surface area contributed by atoms with Gasteiger partial charge >= 0.3 is 0 Å². The second-order valence-corrected chi connectivity index (χ2v) is 5.10. The molecule has 0 atom stereocenters. The third-order valence-electron chi connectivity index (χ3n) is 3.25. The van der Waals surface area contributed by atoms with Crippen LogP contribution in [0.2, 0.25) is 5.02 Å². The number of halogens is 1. The highest BCUT2D eigenvalue weighted by Gasteiger charge is 2.10. The highest BCUT2D eigenvalue weighted by atomic mass is 35.5. The van der Waals surface area contributed by atoms with Crippen molar-refractivity contribution < 1.29 is 0 Å². The number of fused-ring (bicyclic) bond motifs is 1. The molecule has 1 aromatic carbocycles. The van der Waals surface area contributed by atoms with Crippen molar-refractivity contribution in [3.05, 3.63) is 51.7 Å². The summed E-state index contributed by atoms with van der Waals surface area (Å²) < 4.78 is 1.95. The maximum atomic E-state index is 11.4. The molecule has 0 spiro atoms. The van der Waals surface area contributed by atoms with Gasteiger partial charge in [0.05, 0.1) is 17.2 Å². The summed E-state index contributed by atoms with van der Waals surface area (Å²) in [4.78, 5) is 15.9. The summed E-state index contributed by atoms with van der Waals surface area (Å²) in [6.07, 6.45) is 1.40. The van der Waals surface area contributed by atoms with Crippen molar-refractivity contribution in [1.29, 1.82) is 0 Å². The van der Waals surface area contributed by atoms with E-state index in [-0.39, 0.29) is 5.02 Å². The Morgan fingerprint density at radius 1 is 1.41 bits per heavy atom. The van der Waals surface area contributed by atoms with E-state index < -0.39 is 5.56 Å². The van der Waals surface area contributed by atoms with Crippen LogP contribution >= 0.6 is 11.6 Å². The number of imidazole rings is 1. The molecule has 0 amide bonds. The number of anilines is 1. The largest absolute Gasteiger partial charge is 0.326 e. The first-order valence-electron chi connectivity index (χ1n) is 6.53. The molecule has 112 valence electrons. The van der Waals surface area contributed by atoms with Gasteiger partial charge in [-0.15, -0.1) is 0 Å². The zero-order chi connectivity index (χ0) is 15.7. The predicted molar refractivity (Wildman–Crippen MR) is 86.4 cm³/mol. The minimum atomic E-state index is -0.470. The van der Waals surface area contributed by atoms with Crippen molar-refractivity contribution in [3.8, 4) is 0 Å². The first-order valence-corrected chi connectivity index (χ1v) is 6.91. The van der Waals surface area contributed by atoms with Crippen LogP contribution in [-0.4, -0.2) is 25.5 Å². The van der Waals surface area contributed by atoms with Gasteiger partial charge in [0.15, 0.2) is 5.82 Å². The van der Waals surface area contributed by atoms with E-state index in [2.05, 4.69) is 25.7 Å². The third kappa shape index (κ3) is 2.46. The van der Waals surface area contributed by atoms with Crippen molar-refractivity contribution in [2.75, 3.05) is 5.43 Å². The number of H-pyrrole nitrogens is 1. The molecule has 0 bridgehead atoms. The predicted octanol–water partition coefficient (Wildman–Crippen LogP) is 2.15. The summed E-state index contributed by atoms with van der Waals surface area (Å²) in [5.41, 5.74) is 5.18. The van der Waals surface area contributed by atoms with E-state index in [1.807, 2.05) is 42.8 Å². The Morgan fingerprint density at radius 3 is 2.95 bits per heavy atom. The molecule has 0 aliphatic rings. The van der Waals surface area contributed by atoms with Crippen molar-refractivity contribution in [2.24, 2.45) is 12.1 Å². The highest BCUT2D eigenvalue weighted by Crippen LogP contribution is 2.16. The number of hydrazone groups is 1. The highest BCUT2D eigenvalue weighted by molar-refractivity contribution is 6.32. The zero-order valence-electron chi connectivity index (χ0n) is 12.0. The van der Waals surface area contributed by atoms with Crippen LogP contribution in [0.5, 0.6) is 0 Å². The summed E-state index contributed by atoms with van der Waals surface area (Å²) in [6.45, 7) is 1.82. The van der Waals surface area contributed by atoms with Gasteiger partial charge in [-0.3, -0.25) is 10.2 Å². The van der Waals surface area contributed by atoms with Gasteiger partial charge in [-0.2, -0.15) is 10.2 Å². The molecule has 2 aromatic heterocycles. The smallest absolute Gasteiger partial charge is 0.285 e. The van der Waals surface area contributed by atoms with Crippen LogP contribution in [0.1, 0.15) is 12.7 Å². The number of nitrogens with zero attached hydrogens (tertiary/aromatic N) is 4. The van der Waals surface area contributed by atoms with E-state index >= 15 is 0 Å². The average Bonchev–Trinajstić information content (AvgIpc) is 2.86. The fourth-order valence-electron chi connectivity index (χ4n) is 2.12. The lowest BCUT2D eigenvalue weighted by Gasteiger charge is -2.04.